The van der Waals surface area contributed by atoms with Crippen molar-refractivity contribution < 1.29 is 0 Å². The van der Waals surface area contributed by atoms with Gasteiger partial charge in [-0.2, -0.15) is 12.6 Å². The van der Waals surface area contributed by atoms with E-state index in [0.717, 1.165) is 5.75 Å². The molecule has 0 spiro atoms. The Morgan fingerprint density at radius 1 is 1.75 bits per heavy atom. The number of hydrogen-bond acceptors (Lipinski definition) is 2. The molecule has 8 heavy (non-hydrogen) atoms. The second-order valence-electron chi connectivity index (χ2n) is 1.75. The number of thiol groups is 1. The molecule has 0 bridgehead atoms. The molecule has 0 aliphatic carbocycles. The number of aryl methyl sites for hydroxylation is 1. The Morgan fingerprint density at radius 2 is 2.50 bits per heavy atom. The summed E-state index contributed by atoms with van der Waals surface area (Å²) in [4.78, 5) is 1.35. The molecule has 1 rings (SSSR count). The summed E-state index contributed by atoms with van der Waals surface area (Å²) in [6.45, 7) is 2.10. The van der Waals surface area contributed by atoms with Crippen LogP contribution in [0, 0.1) is 6.92 Å². The number of hydrogen-bond donors (Lipinski definition) is 1. The molecule has 0 nitrogen and oxygen atoms in total. The van der Waals surface area contributed by atoms with Crippen molar-refractivity contribution >= 4 is 24.0 Å². The SMILES string of the molecule is Cc1csc(CS)c1. The largest absolute Gasteiger partial charge is 0.174 e. The van der Waals surface area contributed by atoms with E-state index in [0.29, 0.717) is 0 Å². The fraction of sp³-hybridized carbons (Fsp3) is 0.333. The van der Waals surface area contributed by atoms with Crippen LogP contribution in [0.25, 0.3) is 0 Å². The topological polar surface area (TPSA) is 0 Å². The summed E-state index contributed by atoms with van der Waals surface area (Å²) < 4.78 is 0. The Bertz CT molecular complexity index is 167. The molecular formula is C6H8S2. The van der Waals surface area contributed by atoms with Gasteiger partial charge in [0.25, 0.3) is 0 Å². The smallest absolute Gasteiger partial charge is 0.0248 e. The van der Waals surface area contributed by atoms with Gasteiger partial charge in [0, 0.05) is 10.6 Å². The normalized spacial score (nSPS) is 9.75. The fourth-order valence-corrected chi connectivity index (χ4v) is 1.62. The second kappa shape index (κ2) is 2.55. The van der Waals surface area contributed by atoms with Gasteiger partial charge in [-0.1, -0.05) is 0 Å². The lowest BCUT2D eigenvalue weighted by Gasteiger charge is -1.79. The molecule has 1 heterocycles. The van der Waals surface area contributed by atoms with Crippen LogP contribution in [0.2, 0.25) is 0 Å². The molecule has 0 aliphatic rings. The van der Waals surface area contributed by atoms with Crippen LogP contribution in [0.5, 0.6) is 0 Å². The zero-order valence-electron chi connectivity index (χ0n) is 4.72. The van der Waals surface area contributed by atoms with Gasteiger partial charge in [0.15, 0.2) is 0 Å². The average Bonchev–Trinajstić information content (AvgIpc) is 2.14. The van der Waals surface area contributed by atoms with Crippen molar-refractivity contribution in [2.24, 2.45) is 0 Å². The lowest BCUT2D eigenvalue weighted by molar-refractivity contribution is 1.49. The van der Waals surface area contributed by atoms with Crippen LogP contribution in [0.4, 0.5) is 0 Å². The first-order valence-electron chi connectivity index (χ1n) is 2.48. The quantitative estimate of drug-likeness (QED) is 0.575. The van der Waals surface area contributed by atoms with Gasteiger partial charge >= 0.3 is 0 Å². The molecule has 2 heteroatoms. The van der Waals surface area contributed by atoms with E-state index in [4.69, 9.17) is 0 Å². The summed E-state index contributed by atoms with van der Waals surface area (Å²) in [6.07, 6.45) is 0. The molecule has 1 aromatic heterocycles. The highest BCUT2D eigenvalue weighted by Gasteiger charge is 1.89. The first kappa shape index (κ1) is 6.17. The van der Waals surface area contributed by atoms with Gasteiger partial charge in [-0.15, -0.1) is 11.3 Å². The molecule has 0 radical (unpaired) electrons. The van der Waals surface area contributed by atoms with Crippen molar-refractivity contribution in [1.82, 2.24) is 0 Å². The van der Waals surface area contributed by atoms with Crippen LogP contribution in [-0.2, 0) is 5.75 Å². The van der Waals surface area contributed by atoms with Crippen molar-refractivity contribution in [2.75, 3.05) is 0 Å². The van der Waals surface area contributed by atoms with E-state index in [2.05, 4.69) is 31.0 Å². The Labute approximate surface area is 59.0 Å². The monoisotopic (exact) mass is 144 g/mol. The van der Waals surface area contributed by atoms with E-state index in [1.807, 2.05) is 0 Å². The maximum absolute atomic E-state index is 4.13. The molecule has 0 atom stereocenters. The van der Waals surface area contributed by atoms with Gasteiger partial charge in [-0.3, -0.25) is 0 Å². The van der Waals surface area contributed by atoms with Gasteiger partial charge in [0.2, 0.25) is 0 Å². The molecule has 0 fully saturated rings. The highest BCUT2D eigenvalue weighted by molar-refractivity contribution is 7.79. The van der Waals surface area contributed by atoms with Gasteiger partial charge in [0.05, 0.1) is 0 Å². The van der Waals surface area contributed by atoms with Gasteiger partial charge in [-0.05, 0) is 23.9 Å². The molecule has 0 aliphatic heterocycles. The van der Waals surface area contributed by atoms with Crippen LogP contribution in [-0.4, -0.2) is 0 Å². The van der Waals surface area contributed by atoms with Crippen molar-refractivity contribution in [3.05, 3.63) is 21.9 Å². The third-order valence-electron chi connectivity index (χ3n) is 0.941. The first-order chi connectivity index (χ1) is 3.83. The zero-order chi connectivity index (χ0) is 5.98. The predicted molar refractivity (Wildman–Crippen MR) is 41.7 cm³/mol. The predicted octanol–water partition coefficient (Wildman–Crippen LogP) is 2.49. The van der Waals surface area contributed by atoms with Gasteiger partial charge in [-0.25, -0.2) is 0 Å². The highest BCUT2D eigenvalue weighted by atomic mass is 32.1. The van der Waals surface area contributed by atoms with E-state index in [1.54, 1.807) is 11.3 Å². The van der Waals surface area contributed by atoms with E-state index < -0.39 is 0 Å². The summed E-state index contributed by atoms with van der Waals surface area (Å²) in [5.74, 6) is 0.874. The minimum absolute atomic E-state index is 0.874. The standard InChI is InChI=1S/C6H8S2/c1-5-2-6(3-7)8-4-5/h2,4,7H,3H2,1H3. The first-order valence-corrected chi connectivity index (χ1v) is 3.99. The Kier molecular flexibility index (Phi) is 1.97. The number of thiophene rings is 1. The molecule has 0 N–H and O–H groups in total. The van der Waals surface area contributed by atoms with Crippen LogP contribution < -0.4 is 0 Å². The van der Waals surface area contributed by atoms with E-state index in [-0.39, 0.29) is 0 Å². The van der Waals surface area contributed by atoms with E-state index in [9.17, 15) is 0 Å². The third kappa shape index (κ3) is 1.26. The summed E-state index contributed by atoms with van der Waals surface area (Å²) in [7, 11) is 0. The van der Waals surface area contributed by atoms with Crippen molar-refractivity contribution in [3.8, 4) is 0 Å². The van der Waals surface area contributed by atoms with Crippen LogP contribution in [0.1, 0.15) is 10.4 Å². The third-order valence-corrected chi connectivity index (χ3v) is 2.55. The van der Waals surface area contributed by atoms with Crippen molar-refractivity contribution in [2.45, 2.75) is 12.7 Å². The molecule has 0 saturated carbocycles. The maximum Gasteiger partial charge on any atom is 0.0248 e. The fourth-order valence-electron chi connectivity index (χ4n) is 0.574. The number of rotatable bonds is 1. The summed E-state index contributed by atoms with van der Waals surface area (Å²) in [5, 5.41) is 2.14. The van der Waals surface area contributed by atoms with Gasteiger partial charge in [0.1, 0.15) is 0 Å². The van der Waals surface area contributed by atoms with Crippen LogP contribution in [0.3, 0.4) is 0 Å². The molecule has 0 aromatic carbocycles. The molecule has 0 amide bonds. The molecule has 0 unspecified atom stereocenters. The Morgan fingerprint density at radius 3 is 2.75 bits per heavy atom. The van der Waals surface area contributed by atoms with Crippen LogP contribution >= 0.6 is 24.0 Å². The highest BCUT2D eigenvalue weighted by Crippen LogP contribution is 2.14. The maximum atomic E-state index is 4.13. The lowest BCUT2D eigenvalue weighted by atomic mass is 10.4. The van der Waals surface area contributed by atoms with Gasteiger partial charge < -0.3 is 0 Å². The Hall–Kier alpha value is 0.0500. The second-order valence-corrected chi connectivity index (χ2v) is 3.06. The minimum Gasteiger partial charge on any atom is -0.174 e. The summed E-state index contributed by atoms with van der Waals surface area (Å²) in [6, 6.07) is 2.16. The minimum atomic E-state index is 0.874. The molecule has 0 saturated heterocycles. The molecule has 1 aromatic rings. The summed E-state index contributed by atoms with van der Waals surface area (Å²) in [5.41, 5.74) is 1.35. The van der Waals surface area contributed by atoms with E-state index in [1.165, 1.54) is 10.4 Å². The molecule has 44 valence electrons. The lowest BCUT2D eigenvalue weighted by Crippen LogP contribution is -1.62. The van der Waals surface area contributed by atoms with Crippen molar-refractivity contribution in [1.29, 1.82) is 0 Å². The van der Waals surface area contributed by atoms with Crippen molar-refractivity contribution in [3.63, 3.8) is 0 Å². The van der Waals surface area contributed by atoms with E-state index >= 15 is 0 Å². The Balaban J connectivity index is 2.84. The molecular weight excluding hydrogens is 136 g/mol. The average molecular weight is 144 g/mol. The summed E-state index contributed by atoms with van der Waals surface area (Å²) >= 11 is 5.91. The van der Waals surface area contributed by atoms with Crippen LogP contribution in [0.15, 0.2) is 11.4 Å². The zero-order valence-corrected chi connectivity index (χ0v) is 6.43.